The third kappa shape index (κ3) is 8.67. The zero-order chi connectivity index (χ0) is 43.7. The predicted molar refractivity (Wildman–Crippen MR) is 220 cm³/mol. The van der Waals surface area contributed by atoms with Gasteiger partial charge in [0.1, 0.15) is 11.7 Å². The number of aryl methyl sites for hydroxylation is 1. The number of rotatable bonds is 9. The number of benzene rings is 3. The van der Waals surface area contributed by atoms with E-state index in [0.29, 0.717) is 48.0 Å². The number of halogens is 3. The molecule has 18 heteroatoms. The summed E-state index contributed by atoms with van der Waals surface area (Å²) < 4.78 is 44.8. The predicted octanol–water partition coefficient (Wildman–Crippen LogP) is 4.94. The van der Waals surface area contributed by atoms with Crippen molar-refractivity contribution in [1.82, 2.24) is 34.6 Å². The Morgan fingerprint density at radius 3 is 2.53 bits per heavy atom. The second-order valence-corrected chi connectivity index (χ2v) is 16.1. The van der Waals surface area contributed by atoms with Crippen molar-refractivity contribution >= 4 is 58.5 Å². The number of imidazole rings is 1. The molecular formula is C44H37F3N8O6S. The minimum Gasteiger partial charge on any atom is -0.340 e. The summed E-state index contributed by atoms with van der Waals surface area (Å²) in [6.45, 7) is 3.07. The summed E-state index contributed by atoms with van der Waals surface area (Å²) in [5, 5.41) is 9.01. The summed E-state index contributed by atoms with van der Waals surface area (Å²) in [6, 6.07) is 15.8. The Balaban J connectivity index is 0.851. The van der Waals surface area contributed by atoms with Crippen LogP contribution in [0.5, 0.6) is 0 Å². The summed E-state index contributed by atoms with van der Waals surface area (Å²) in [4.78, 5) is 86.2. The highest BCUT2D eigenvalue weighted by molar-refractivity contribution is 7.99. The lowest BCUT2D eigenvalue weighted by molar-refractivity contribution is -0.139. The van der Waals surface area contributed by atoms with Crippen molar-refractivity contribution in [2.45, 2.75) is 49.8 Å². The fourth-order valence-corrected chi connectivity index (χ4v) is 8.62. The van der Waals surface area contributed by atoms with Crippen LogP contribution in [0.1, 0.15) is 78.3 Å². The van der Waals surface area contributed by atoms with E-state index in [1.807, 2.05) is 11.8 Å². The summed E-state index contributed by atoms with van der Waals surface area (Å²) in [5.74, 6) is 3.17. The standard InChI is InChI=1S/C44H37F3N8O6S/c1-26-7-8-28(22-27(26)10-12-31-24-48-36-6-3-16-49-55(31)36)40(58)50-30-11-9-29(33(23-30)44(45,46)47)25-52-17-19-53(20-18-52)38(57)15-21-62-35-5-2-4-32-39(35)43(61)54(42(32)60)34-13-14-37(56)51-41(34)59/h2-9,11,16,22-24,34H,13-15,17-21,25H2,1H3,(H,50,58)(H,51,56,59). The van der Waals surface area contributed by atoms with Gasteiger partial charge in [-0.1, -0.05) is 24.1 Å². The van der Waals surface area contributed by atoms with Crippen LogP contribution in [0.2, 0.25) is 0 Å². The SMILES string of the molecule is Cc1ccc(C(=O)Nc2ccc(CN3CCN(C(=O)CCSc4cccc5c4C(=O)N(C4CCC(=O)NC4=O)C5=O)CC3)c(C(F)(F)F)c2)cc1C#Cc1cnc2cccnn12. The van der Waals surface area contributed by atoms with Gasteiger partial charge in [-0.25, -0.2) is 9.50 Å². The number of alkyl halides is 3. The Morgan fingerprint density at radius 2 is 1.76 bits per heavy atom. The van der Waals surface area contributed by atoms with E-state index in [2.05, 4.69) is 32.6 Å². The Morgan fingerprint density at radius 1 is 0.952 bits per heavy atom. The summed E-state index contributed by atoms with van der Waals surface area (Å²) in [7, 11) is 0. The molecule has 2 fully saturated rings. The first kappa shape index (κ1) is 41.9. The van der Waals surface area contributed by atoms with Crippen LogP contribution in [0.3, 0.4) is 0 Å². The van der Waals surface area contributed by atoms with E-state index >= 15 is 0 Å². The highest BCUT2D eigenvalue weighted by atomic mass is 32.2. The van der Waals surface area contributed by atoms with Crippen molar-refractivity contribution in [1.29, 1.82) is 0 Å². The molecule has 3 aromatic carbocycles. The molecule has 0 bridgehead atoms. The minimum atomic E-state index is -4.70. The number of anilines is 1. The number of fused-ring (bicyclic) bond motifs is 2. The van der Waals surface area contributed by atoms with E-state index in [9.17, 15) is 41.9 Å². The second-order valence-electron chi connectivity index (χ2n) is 14.9. The fourth-order valence-electron chi connectivity index (χ4n) is 7.61. The largest absolute Gasteiger partial charge is 0.416 e. The number of amides is 6. The zero-order valence-electron chi connectivity index (χ0n) is 33.1. The number of imide groups is 2. The van der Waals surface area contributed by atoms with Gasteiger partial charge in [0.25, 0.3) is 17.7 Å². The minimum absolute atomic E-state index is 0.00487. The molecule has 2 saturated heterocycles. The van der Waals surface area contributed by atoms with Crippen molar-refractivity contribution < 1.29 is 41.9 Å². The van der Waals surface area contributed by atoms with Gasteiger partial charge in [-0.2, -0.15) is 18.3 Å². The molecule has 6 amide bonds. The van der Waals surface area contributed by atoms with Crippen molar-refractivity contribution in [2.24, 2.45) is 0 Å². The van der Waals surface area contributed by atoms with Crippen molar-refractivity contribution in [2.75, 3.05) is 37.2 Å². The number of thioether (sulfide) groups is 1. The molecule has 5 aromatic rings. The van der Waals surface area contributed by atoms with Gasteiger partial charge in [-0.3, -0.25) is 43.9 Å². The molecule has 5 heterocycles. The molecule has 0 spiro atoms. The number of nitrogens with zero attached hydrogens (tertiary/aromatic N) is 6. The number of aromatic nitrogens is 3. The van der Waals surface area contributed by atoms with E-state index in [-0.39, 0.29) is 65.4 Å². The van der Waals surface area contributed by atoms with Crippen molar-refractivity contribution in [3.8, 4) is 11.8 Å². The van der Waals surface area contributed by atoms with Gasteiger partial charge in [0, 0.05) is 79.2 Å². The number of carbonyl (C=O) groups is 6. The molecular weight excluding hydrogens is 826 g/mol. The molecule has 2 aromatic heterocycles. The topological polar surface area (TPSA) is 166 Å². The zero-order valence-corrected chi connectivity index (χ0v) is 33.9. The average Bonchev–Trinajstić information content (AvgIpc) is 3.78. The van der Waals surface area contributed by atoms with Crippen molar-refractivity contribution in [3.05, 3.63) is 124 Å². The van der Waals surface area contributed by atoms with E-state index < -0.39 is 47.3 Å². The maximum atomic E-state index is 14.4. The highest BCUT2D eigenvalue weighted by Gasteiger charge is 2.45. The van der Waals surface area contributed by atoms with Crippen LogP contribution in [0.25, 0.3) is 5.65 Å². The van der Waals surface area contributed by atoms with Gasteiger partial charge in [0.05, 0.1) is 22.9 Å². The van der Waals surface area contributed by atoms with Gasteiger partial charge in [-0.15, -0.1) is 11.8 Å². The number of hydrogen-bond donors (Lipinski definition) is 2. The first-order valence-corrected chi connectivity index (χ1v) is 20.6. The Bertz CT molecular complexity index is 2740. The van der Waals surface area contributed by atoms with Crippen molar-refractivity contribution in [3.63, 3.8) is 0 Å². The van der Waals surface area contributed by atoms with Crippen LogP contribution in [-0.4, -0.2) is 103 Å². The second kappa shape index (κ2) is 17.3. The molecule has 1 atom stereocenters. The van der Waals surface area contributed by atoms with E-state index in [4.69, 9.17) is 0 Å². The molecule has 3 aliphatic rings. The van der Waals surface area contributed by atoms with Gasteiger partial charge in [0.2, 0.25) is 17.7 Å². The smallest absolute Gasteiger partial charge is 0.340 e. The molecule has 0 saturated carbocycles. The van der Waals surface area contributed by atoms with E-state index in [0.717, 1.165) is 16.5 Å². The van der Waals surface area contributed by atoms with Gasteiger partial charge in [0.15, 0.2) is 5.65 Å². The number of nitrogens with one attached hydrogen (secondary N) is 2. The molecule has 1 unspecified atom stereocenters. The maximum absolute atomic E-state index is 14.4. The monoisotopic (exact) mass is 862 g/mol. The van der Waals surface area contributed by atoms with Gasteiger partial charge < -0.3 is 10.2 Å². The number of hydrogen-bond acceptors (Lipinski definition) is 10. The summed E-state index contributed by atoms with van der Waals surface area (Å²) in [5.41, 5.74) is 2.19. The lowest BCUT2D eigenvalue weighted by Crippen LogP contribution is -2.54. The number of piperidine rings is 1. The third-order valence-electron chi connectivity index (χ3n) is 10.9. The molecule has 316 valence electrons. The molecule has 8 rings (SSSR count). The van der Waals surface area contributed by atoms with E-state index in [1.165, 1.54) is 30.0 Å². The van der Waals surface area contributed by atoms with Crippen LogP contribution in [0.4, 0.5) is 18.9 Å². The summed E-state index contributed by atoms with van der Waals surface area (Å²) in [6.07, 6.45) is -1.35. The Kier molecular flexibility index (Phi) is 11.7. The summed E-state index contributed by atoms with van der Waals surface area (Å²) >= 11 is 1.23. The molecule has 0 aliphatic carbocycles. The first-order chi connectivity index (χ1) is 29.7. The third-order valence-corrected chi connectivity index (χ3v) is 12.0. The normalized spacial score (nSPS) is 16.9. The molecule has 14 nitrogen and oxygen atoms in total. The first-order valence-electron chi connectivity index (χ1n) is 19.7. The lowest BCUT2D eigenvalue weighted by atomic mass is 10.0. The van der Waals surface area contributed by atoms with E-state index in [1.54, 1.807) is 64.3 Å². The van der Waals surface area contributed by atoms with Gasteiger partial charge in [-0.05, 0) is 78.9 Å². The Labute approximate surface area is 356 Å². The van der Waals surface area contributed by atoms with Crippen LogP contribution >= 0.6 is 11.8 Å². The fraction of sp³-hybridized carbons (Fsp3) is 0.273. The van der Waals surface area contributed by atoms with Crippen LogP contribution in [0, 0.1) is 18.8 Å². The number of carbonyl (C=O) groups excluding carboxylic acids is 6. The Hall–Kier alpha value is -6.84. The maximum Gasteiger partial charge on any atom is 0.416 e. The lowest BCUT2D eigenvalue weighted by Gasteiger charge is -2.35. The highest BCUT2D eigenvalue weighted by Crippen LogP contribution is 2.36. The van der Waals surface area contributed by atoms with Crippen LogP contribution < -0.4 is 10.6 Å². The average molecular weight is 863 g/mol. The molecule has 62 heavy (non-hydrogen) atoms. The van der Waals surface area contributed by atoms with Gasteiger partial charge >= 0.3 is 6.18 Å². The quantitative estimate of drug-likeness (QED) is 0.118. The molecule has 0 radical (unpaired) electrons. The van der Waals surface area contributed by atoms with Crippen LogP contribution in [-0.2, 0) is 27.1 Å². The molecule has 2 N–H and O–H groups in total. The number of piperazine rings is 1. The molecule has 3 aliphatic heterocycles. The van der Waals surface area contributed by atoms with Crippen LogP contribution in [0.15, 0.2) is 84.0 Å².